The highest BCUT2D eigenvalue weighted by atomic mass is 35.5. The van der Waals surface area contributed by atoms with Crippen LogP contribution in [0.3, 0.4) is 0 Å². The second-order valence-electron chi connectivity index (χ2n) is 4.01. The van der Waals surface area contributed by atoms with E-state index in [2.05, 4.69) is 5.32 Å². The molecule has 0 heterocycles. The normalized spacial score (nSPS) is 11.9. The number of hydrogen-bond acceptors (Lipinski definition) is 3. The molecule has 0 aliphatic heterocycles. The van der Waals surface area contributed by atoms with Crippen LogP contribution in [0.15, 0.2) is 29.2 Å². The topological polar surface area (TPSA) is 66.4 Å². The van der Waals surface area contributed by atoms with E-state index in [0.29, 0.717) is 17.9 Å². The van der Waals surface area contributed by atoms with E-state index in [0.717, 1.165) is 10.6 Å². The number of carbonyl (C=O) groups excluding carboxylic acids is 1. The molecule has 0 spiro atoms. The third-order valence-electron chi connectivity index (χ3n) is 2.39. The number of thioether (sulfide) groups is 1. The molecule has 1 rings (SSSR count). The maximum atomic E-state index is 11.4. The van der Waals surface area contributed by atoms with Gasteiger partial charge in [-0.15, -0.1) is 11.8 Å². The summed E-state index contributed by atoms with van der Waals surface area (Å²) in [4.78, 5) is 23.0. The van der Waals surface area contributed by atoms with Crippen LogP contribution in [0.5, 0.6) is 0 Å². The molecule has 0 saturated carbocycles. The van der Waals surface area contributed by atoms with Gasteiger partial charge in [0.2, 0.25) is 5.91 Å². The average Bonchev–Trinajstić information content (AvgIpc) is 2.36. The van der Waals surface area contributed by atoms with Gasteiger partial charge < -0.3 is 10.4 Å². The number of hydrogen-bond donors (Lipinski definition) is 2. The first-order valence-corrected chi connectivity index (χ1v) is 7.26. The summed E-state index contributed by atoms with van der Waals surface area (Å²) in [5.74, 6) is -0.507. The fraction of sp³-hybridized carbons (Fsp3) is 0.385. The molecular weight excluding hydrogens is 286 g/mol. The van der Waals surface area contributed by atoms with Crippen molar-refractivity contribution in [3.8, 4) is 0 Å². The van der Waals surface area contributed by atoms with E-state index in [4.69, 9.17) is 16.7 Å². The Hall–Kier alpha value is -1.20. The Morgan fingerprint density at radius 2 is 2.11 bits per heavy atom. The Kier molecular flexibility index (Phi) is 6.73. The summed E-state index contributed by atoms with van der Waals surface area (Å²) in [6.45, 7) is 1.44. The highest BCUT2D eigenvalue weighted by molar-refractivity contribution is 7.99. The SMILES string of the molecule is CC(NC(=O)CCCSc1ccccc1Cl)C(=O)O. The lowest BCUT2D eigenvalue weighted by molar-refractivity contribution is -0.141. The third kappa shape index (κ3) is 5.98. The van der Waals surface area contributed by atoms with E-state index < -0.39 is 12.0 Å². The molecule has 1 aromatic rings. The first-order chi connectivity index (χ1) is 9.00. The number of nitrogens with one attached hydrogen (secondary N) is 1. The van der Waals surface area contributed by atoms with Crippen molar-refractivity contribution in [2.75, 3.05) is 5.75 Å². The van der Waals surface area contributed by atoms with Crippen LogP contribution in [0.4, 0.5) is 0 Å². The van der Waals surface area contributed by atoms with Gasteiger partial charge in [-0.25, -0.2) is 0 Å². The van der Waals surface area contributed by atoms with Crippen molar-refractivity contribution in [3.05, 3.63) is 29.3 Å². The zero-order valence-corrected chi connectivity index (χ0v) is 12.1. The number of benzene rings is 1. The molecule has 2 N–H and O–H groups in total. The molecule has 4 nitrogen and oxygen atoms in total. The van der Waals surface area contributed by atoms with Crippen molar-refractivity contribution in [1.82, 2.24) is 5.32 Å². The standard InChI is InChI=1S/C13H16ClNO3S/c1-9(13(17)18)15-12(16)7-4-8-19-11-6-3-2-5-10(11)14/h2-3,5-6,9H,4,7-8H2,1H3,(H,15,16)(H,17,18). The predicted octanol–water partition coefficient (Wildman–Crippen LogP) is 2.80. The average molecular weight is 302 g/mol. The fourth-order valence-electron chi connectivity index (χ4n) is 1.35. The lowest BCUT2D eigenvalue weighted by Crippen LogP contribution is -2.38. The summed E-state index contributed by atoms with van der Waals surface area (Å²) >= 11 is 7.59. The number of carboxylic acids is 1. The number of carboxylic acid groups (broad SMARTS) is 1. The predicted molar refractivity (Wildman–Crippen MR) is 76.7 cm³/mol. The van der Waals surface area contributed by atoms with Crippen LogP contribution in [0.1, 0.15) is 19.8 Å². The smallest absolute Gasteiger partial charge is 0.325 e. The molecule has 1 unspecified atom stereocenters. The number of amides is 1. The lowest BCUT2D eigenvalue weighted by Gasteiger charge is -2.09. The number of halogens is 1. The maximum absolute atomic E-state index is 11.4. The van der Waals surface area contributed by atoms with Crippen molar-refractivity contribution in [1.29, 1.82) is 0 Å². The summed E-state index contributed by atoms with van der Waals surface area (Å²) in [5, 5.41) is 11.8. The molecule has 0 aliphatic carbocycles. The van der Waals surface area contributed by atoms with Crippen molar-refractivity contribution in [2.24, 2.45) is 0 Å². The van der Waals surface area contributed by atoms with E-state index >= 15 is 0 Å². The van der Waals surface area contributed by atoms with Crippen molar-refractivity contribution in [3.63, 3.8) is 0 Å². The minimum absolute atomic E-state index is 0.241. The molecule has 0 aromatic heterocycles. The summed E-state index contributed by atoms with van der Waals surface area (Å²) in [6, 6.07) is 6.69. The fourth-order valence-corrected chi connectivity index (χ4v) is 2.54. The Bertz CT molecular complexity index is 453. The Balaban J connectivity index is 2.23. The van der Waals surface area contributed by atoms with Crippen molar-refractivity contribution in [2.45, 2.75) is 30.7 Å². The van der Waals surface area contributed by atoms with Crippen LogP contribution in [-0.4, -0.2) is 28.8 Å². The molecule has 1 aromatic carbocycles. The number of aliphatic carboxylic acids is 1. The van der Waals surface area contributed by atoms with Gasteiger partial charge in [-0.05, 0) is 31.2 Å². The van der Waals surface area contributed by atoms with Gasteiger partial charge in [-0.1, -0.05) is 23.7 Å². The van der Waals surface area contributed by atoms with Crippen molar-refractivity contribution >= 4 is 35.2 Å². The van der Waals surface area contributed by atoms with Crippen LogP contribution < -0.4 is 5.32 Å². The molecule has 1 amide bonds. The highest BCUT2D eigenvalue weighted by Gasteiger charge is 2.13. The molecule has 0 aliphatic rings. The Labute approximate surface area is 121 Å². The van der Waals surface area contributed by atoms with E-state index in [1.54, 1.807) is 11.8 Å². The van der Waals surface area contributed by atoms with Crippen molar-refractivity contribution < 1.29 is 14.7 Å². The summed E-state index contributed by atoms with van der Waals surface area (Å²) in [7, 11) is 0. The molecule has 19 heavy (non-hydrogen) atoms. The first kappa shape index (κ1) is 15.9. The number of rotatable bonds is 7. The monoisotopic (exact) mass is 301 g/mol. The molecule has 6 heteroatoms. The van der Waals surface area contributed by atoms with Gasteiger partial charge in [0.05, 0.1) is 5.02 Å². The molecule has 0 bridgehead atoms. The van der Waals surface area contributed by atoms with E-state index in [9.17, 15) is 9.59 Å². The number of carbonyl (C=O) groups is 2. The third-order valence-corrected chi connectivity index (χ3v) is 3.99. The van der Waals surface area contributed by atoms with Gasteiger partial charge >= 0.3 is 5.97 Å². The molecular formula is C13H16ClNO3S. The second kappa shape index (κ2) is 8.07. The van der Waals surface area contributed by atoms with Gasteiger partial charge in [0.25, 0.3) is 0 Å². The highest BCUT2D eigenvalue weighted by Crippen LogP contribution is 2.27. The van der Waals surface area contributed by atoms with Crippen LogP contribution >= 0.6 is 23.4 Å². The zero-order chi connectivity index (χ0) is 14.3. The summed E-state index contributed by atoms with van der Waals surface area (Å²) < 4.78 is 0. The van der Waals surface area contributed by atoms with E-state index in [1.165, 1.54) is 6.92 Å². The summed E-state index contributed by atoms with van der Waals surface area (Å²) in [6.07, 6.45) is 0.989. The van der Waals surface area contributed by atoms with Crippen LogP contribution in [-0.2, 0) is 9.59 Å². The van der Waals surface area contributed by atoms with Crippen LogP contribution in [0, 0.1) is 0 Å². The Morgan fingerprint density at radius 1 is 1.42 bits per heavy atom. The van der Waals surface area contributed by atoms with Gasteiger partial charge in [-0.2, -0.15) is 0 Å². The van der Waals surface area contributed by atoms with Gasteiger partial charge in [0.1, 0.15) is 6.04 Å². The Morgan fingerprint density at radius 3 is 2.74 bits per heavy atom. The molecule has 0 fully saturated rings. The molecule has 0 saturated heterocycles. The zero-order valence-electron chi connectivity index (χ0n) is 10.6. The van der Waals surface area contributed by atoms with Crippen LogP contribution in [0.25, 0.3) is 0 Å². The van der Waals surface area contributed by atoms with Gasteiger partial charge in [-0.3, -0.25) is 9.59 Å². The molecule has 0 radical (unpaired) electrons. The maximum Gasteiger partial charge on any atom is 0.325 e. The molecule has 1 atom stereocenters. The van der Waals surface area contributed by atoms with E-state index in [1.807, 2.05) is 24.3 Å². The van der Waals surface area contributed by atoms with E-state index in [-0.39, 0.29) is 5.91 Å². The summed E-state index contributed by atoms with van der Waals surface area (Å²) in [5.41, 5.74) is 0. The van der Waals surface area contributed by atoms with Gasteiger partial charge in [0, 0.05) is 11.3 Å². The second-order valence-corrected chi connectivity index (χ2v) is 5.55. The van der Waals surface area contributed by atoms with Gasteiger partial charge in [0.15, 0.2) is 0 Å². The first-order valence-electron chi connectivity index (χ1n) is 5.90. The lowest BCUT2D eigenvalue weighted by atomic mass is 10.3. The minimum atomic E-state index is -1.03. The minimum Gasteiger partial charge on any atom is -0.480 e. The largest absolute Gasteiger partial charge is 0.480 e. The quantitative estimate of drug-likeness (QED) is 0.600. The molecule has 104 valence electrons. The van der Waals surface area contributed by atoms with Crippen LogP contribution in [0.2, 0.25) is 5.02 Å².